The Bertz CT molecular complexity index is 1040. The number of benzene rings is 1. The summed E-state index contributed by atoms with van der Waals surface area (Å²) >= 11 is 2.11. The zero-order valence-electron chi connectivity index (χ0n) is 15.4. The monoisotopic (exact) mass is 438 g/mol. The molecule has 0 saturated carbocycles. The molecule has 0 N–H and O–H groups in total. The quantitative estimate of drug-likeness (QED) is 0.642. The van der Waals surface area contributed by atoms with Crippen LogP contribution in [-0.4, -0.2) is 45.2 Å². The van der Waals surface area contributed by atoms with Crippen molar-refractivity contribution in [3.05, 3.63) is 46.2 Å². The number of amides is 1. The van der Waals surface area contributed by atoms with Gasteiger partial charge in [0, 0.05) is 18.2 Å². The van der Waals surface area contributed by atoms with Crippen LogP contribution in [0.3, 0.4) is 0 Å². The van der Waals surface area contributed by atoms with E-state index in [2.05, 4.69) is 4.40 Å². The van der Waals surface area contributed by atoms with Crippen molar-refractivity contribution in [2.45, 2.75) is 11.1 Å². The Morgan fingerprint density at radius 2 is 2.00 bits per heavy atom. The van der Waals surface area contributed by atoms with Crippen LogP contribution in [0.15, 0.2) is 49.2 Å². The van der Waals surface area contributed by atoms with E-state index in [0.29, 0.717) is 28.5 Å². The fourth-order valence-corrected chi connectivity index (χ4v) is 5.70. The van der Waals surface area contributed by atoms with Crippen molar-refractivity contribution in [2.24, 2.45) is 4.40 Å². The summed E-state index contributed by atoms with van der Waals surface area (Å²) in [5.41, 5.74) is 0.678. The van der Waals surface area contributed by atoms with Crippen LogP contribution >= 0.6 is 23.1 Å². The van der Waals surface area contributed by atoms with E-state index in [1.807, 2.05) is 0 Å². The Morgan fingerprint density at radius 1 is 1.21 bits per heavy atom. The smallest absolute Gasteiger partial charge is 0.294 e. The van der Waals surface area contributed by atoms with Gasteiger partial charge >= 0.3 is 0 Å². The lowest BCUT2D eigenvalue weighted by Gasteiger charge is -2.11. The molecule has 1 saturated heterocycles. The Morgan fingerprint density at radius 3 is 2.61 bits per heavy atom. The fourth-order valence-electron chi connectivity index (χ4n) is 2.49. The number of methoxy groups -OCH3 is 2. The highest BCUT2D eigenvalue weighted by Crippen LogP contribution is 2.36. The largest absolute Gasteiger partial charge is 0.497 e. The van der Waals surface area contributed by atoms with Gasteiger partial charge in [0.15, 0.2) is 5.17 Å². The van der Waals surface area contributed by atoms with Gasteiger partial charge in [-0.05, 0) is 48.3 Å². The number of thioether (sulfide) groups is 1. The summed E-state index contributed by atoms with van der Waals surface area (Å²) in [4.78, 5) is 14.5. The van der Waals surface area contributed by atoms with Crippen molar-refractivity contribution in [1.82, 2.24) is 4.90 Å². The number of sulfonamides is 1. The molecule has 148 valence electrons. The van der Waals surface area contributed by atoms with Crippen LogP contribution in [0.2, 0.25) is 0 Å². The van der Waals surface area contributed by atoms with Crippen molar-refractivity contribution >= 4 is 50.3 Å². The van der Waals surface area contributed by atoms with Crippen molar-refractivity contribution in [3.63, 3.8) is 0 Å². The number of ether oxygens (including phenoxy) is 2. The molecule has 1 amide bonds. The maximum atomic E-state index is 12.7. The lowest BCUT2D eigenvalue weighted by atomic mass is 10.1. The number of thiophene rings is 1. The number of carbonyl (C=O) groups excluding carboxylic acids is 1. The van der Waals surface area contributed by atoms with Gasteiger partial charge in [-0.3, -0.25) is 9.69 Å². The van der Waals surface area contributed by atoms with Gasteiger partial charge in [-0.25, -0.2) is 0 Å². The van der Waals surface area contributed by atoms with Crippen LogP contribution in [0.5, 0.6) is 11.5 Å². The highest BCUT2D eigenvalue weighted by molar-refractivity contribution is 8.19. The summed E-state index contributed by atoms with van der Waals surface area (Å²) in [7, 11) is -0.780. The molecule has 2 aromatic rings. The van der Waals surface area contributed by atoms with Gasteiger partial charge in [0.1, 0.15) is 15.7 Å². The Kier molecular flexibility index (Phi) is 6.11. The van der Waals surface area contributed by atoms with Gasteiger partial charge in [0.05, 0.1) is 19.1 Å². The first kappa shape index (κ1) is 20.4. The van der Waals surface area contributed by atoms with Gasteiger partial charge in [-0.15, -0.1) is 15.7 Å². The first-order valence-electron chi connectivity index (χ1n) is 8.21. The minimum atomic E-state index is -3.86. The molecule has 7 nitrogen and oxygen atoms in total. The predicted molar refractivity (Wildman–Crippen MR) is 111 cm³/mol. The first-order valence-corrected chi connectivity index (χ1v) is 11.3. The third-order valence-electron chi connectivity index (χ3n) is 3.88. The molecule has 2 heterocycles. The van der Waals surface area contributed by atoms with Crippen LogP contribution < -0.4 is 9.47 Å². The predicted octanol–water partition coefficient (Wildman–Crippen LogP) is 3.45. The zero-order chi connectivity index (χ0) is 20.3. The zero-order valence-corrected chi connectivity index (χ0v) is 17.9. The number of amidine groups is 1. The summed E-state index contributed by atoms with van der Waals surface area (Å²) < 4.78 is 39.5. The molecule has 0 spiro atoms. The second-order valence-corrected chi connectivity index (χ2v) is 9.34. The normalized spacial score (nSPS) is 17.5. The van der Waals surface area contributed by atoms with E-state index in [0.717, 1.165) is 23.1 Å². The summed E-state index contributed by atoms with van der Waals surface area (Å²) in [6.07, 6.45) is 1.66. The average Bonchev–Trinajstić information content (AvgIpc) is 3.31. The molecule has 1 aliphatic rings. The second-order valence-electron chi connectivity index (χ2n) is 5.55. The summed E-state index contributed by atoms with van der Waals surface area (Å²) in [5.74, 6) is 0.870. The molecule has 0 unspecified atom stereocenters. The van der Waals surface area contributed by atoms with Crippen LogP contribution in [0.4, 0.5) is 0 Å². The van der Waals surface area contributed by atoms with Crippen LogP contribution in [0, 0.1) is 0 Å². The van der Waals surface area contributed by atoms with Crippen LogP contribution in [0.1, 0.15) is 12.5 Å². The average molecular weight is 439 g/mol. The SMILES string of the molecule is CCN1C(=O)/C(=C/c2ccc(OC)cc2OC)SC1=NS(=O)(=O)c1cccs1. The Labute approximate surface area is 171 Å². The lowest BCUT2D eigenvalue weighted by molar-refractivity contribution is -0.122. The minimum Gasteiger partial charge on any atom is -0.497 e. The summed E-state index contributed by atoms with van der Waals surface area (Å²) in [6, 6.07) is 8.37. The molecular weight excluding hydrogens is 420 g/mol. The van der Waals surface area contributed by atoms with E-state index in [1.54, 1.807) is 49.8 Å². The maximum absolute atomic E-state index is 12.7. The molecule has 0 bridgehead atoms. The van der Waals surface area contributed by atoms with E-state index < -0.39 is 10.0 Å². The van der Waals surface area contributed by atoms with E-state index in [-0.39, 0.29) is 15.3 Å². The second kappa shape index (κ2) is 8.38. The van der Waals surface area contributed by atoms with Gasteiger partial charge in [-0.2, -0.15) is 8.42 Å². The van der Waals surface area contributed by atoms with E-state index in [9.17, 15) is 13.2 Å². The molecular formula is C18H18N2O5S3. The number of rotatable bonds is 6. The van der Waals surface area contributed by atoms with E-state index in [4.69, 9.17) is 9.47 Å². The Balaban J connectivity index is 1.98. The van der Waals surface area contributed by atoms with Gasteiger partial charge in [-0.1, -0.05) is 6.07 Å². The number of carbonyl (C=O) groups is 1. The molecule has 28 heavy (non-hydrogen) atoms. The molecule has 0 atom stereocenters. The Hall–Kier alpha value is -2.30. The highest BCUT2D eigenvalue weighted by atomic mass is 32.2. The van der Waals surface area contributed by atoms with Crippen molar-refractivity contribution in [2.75, 3.05) is 20.8 Å². The third-order valence-corrected chi connectivity index (χ3v) is 7.64. The van der Waals surface area contributed by atoms with E-state index in [1.165, 1.54) is 18.1 Å². The van der Waals surface area contributed by atoms with Crippen molar-refractivity contribution in [3.8, 4) is 11.5 Å². The highest BCUT2D eigenvalue weighted by Gasteiger charge is 2.34. The van der Waals surface area contributed by atoms with Crippen LogP contribution in [-0.2, 0) is 14.8 Å². The molecule has 1 aromatic heterocycles. The maximum Gasteiger partial charge on any atom is 0.294 e. The molecule has 3 rings (SSSR count). The summed E-state index contributed by atoms with van der Waals surface area (Å²) in [6.45, 7) is 2.07. The van der Waals surface area contributed by atoms with Gasteiger partial charge in [0.2, 0.25) is 0 Å². The molecule has 0 aliphatic carbocycles. The van der Waals surface area contributed by atoms with Crippen molar-refractivity contribution in [1.29, 1.82) is 0 Å². The van der Waals surface area contributed by atoms with E-state index >= 15 is 0 Å². The lowest BCUT2D eigenvalue weighted by Crippen LogP contribution is -2.29. The first-order chi connectivity index (χ1) is 13.4. The third kappa shape index (κ3) is 4.08. The standard InChI is InChI=1S/C18H18N2O5S3/c1-4-20-17(21)15(10-12-7-8-13(24-2)11-14(12)25-3)27-18(20)19-28(22,23)16-6-5-9-26-16/h5-11H,4H2,1-3H3/b15-10-,19-18?. The topological polar surface area (TPSA) is 85.3 Å². The molecule has 1 aromatic carbocycles. The van der Waals surface area contributed by atoms with Crippen LogP contribution in [0.25, 0.3) is 6.08 Å². The summed E-state index contributed by atoms with van der Waals surface area (Å²) in [5, 5.41) is 1.80. The molecule has 0 radical (unpaired) electrons. The number of hydrogen-bond donors (Lipinski definition) is 0. The minimum absolute atomic E-state index is 0.137. The number of nitrogens with zero attached hydrogens (tertiary/aromatic N) is 2. The number of likely N-dealkylation sites (N-methyl/N-ethyl adjacent to an activating group) is 1. The van der Waals surface area contributed by atoms with Gasteiger partial charge in [0.25, 0.3) is 15.9 Å². The van der Waals surface area contributed by atoms with Gasteiger partial charge < -0.3 is 9.47 Å². The molecule has 1 fully saturated rings. The van der Waals surface area contributed by atoms with Crippen molar-refractivity contribution < 1.29 is 22.7 Å². The number of hydrogen-bond acceptors (Lipinski definition) is 7. The fraction of sp³-hybridized carbons (Fsp3) is 0.222. The molecule has 10 heteroatoms. The molecule has 1 aliphatic heterocycles.